The molecule has 1 aromatic carbocycles. The number of likely N-dealkylation sites (tertiary alicyclic amines) is 1. The van der Waals surface area contributed by atoms with E-state index in [0.717, 1.165) is 82.1 Å². The number of rotatable bonds is 10. The Kier molecular flexibility index (Phi) is 16.8. The van der Waals surface area contributed by atoms with Gasteiger partial charge in [-0.1, -0.05) is 52.5 Å². The molecule has 2 aliphatic heterocycles. The highest BCUT2D eigenvalue weighted by molar-refractivity contribution is 5.95. The van der Waals surface area contributed by atoms with Crippen LogP contribution in [0.3, 0.4) is 0 Å². The Bertz CT molecular complexity index is 833. The summed E-state index contributed by atoms with van der Waals surface area (Å²) >= 11 is 0. The zero-order valence-electron chi connectivity index (χ0n) is 24.9. The molecule has 3 fully saturated rings. The lowest BCUT2D eigenvalue weighted by Gasteiger charge is -2.36. The Morgan fingerprint density at radius 2 is 1.69 bits per heavy atom. The fourth-order valence-electron chi connectivity index (χ4n) is 4.94. The van der Waals surface area contributed by atoms with Gasteiger partial charge in [0.15, 0.2) is 0 Å². The number of amides is 1. The van der Waals surface area contributed by atoms with E-state index in [-0.39, 0.29) is 5.82 Å². The van der Waals surface area contributed by atoms with Crippen LogP contribution in [0, 0.1) is 17.2 Å². The van der Waals surface area contributed by atoms with E-state index in [1.165, 1.54) is 32.1 Å². The molecule has 2 heterocycles. The van der Waals surface area contributed by atoms with Gasteiger partial charge in [-0.25, -0.2) is 4.39 Å². The van der Waals surface area contributed by atoms with E-state index in [9.17, 15) is 14.0 Å². The van der Waals surface area contributed by atoms with Crippen molar-refractivity contribution in [1.82, 2.24) is 9.80 Å². The van der Waals surface area contributed by atoms with Crippen molar-refractivity contribution in [2.45, 2.75) is 78.6 Å². The molecule has 4 rings (SSSR count). The third-order valence-corrected chi connectivity index (χ3v) is 7.97. The van der Waals surface area contributed by atoms with Crippen LogP contribution >= 0.6 is 0 Å². The summed E-state index contributed by atoms with van der Waals surface area (Å²) in [7, 11) is 2.13. The van der Waals surface area contributed by atoms with E-state index in [2.05, 4.69) is 34.7 Å². The van der Waals surface area contributed by atoms with Crippen molar-refractivity contribution in [2.24, 2.45) is 17.1 Å². The van der Waals surface area contributed by atoms with Crippen LogP contribution < -0.4 is 10.6 Å². The van der Waals surface area contributed by atoms with Gasteiger partial charge in [-0.2, -0.15) is 0 Å². The van der Waals surface area contributed by atoms with Crippen LogP contribution in [0.15, 0.2) is 18.2 Å². The quantitative estimate of drug-likeness (QED) is 0.259. The van der Waals surface area contributed by atoms with Gasteiger partial charge in [0.2, 0.25) is 5.91 Å². The largest absolute Gasteiger partial charge is 0.369 e. The number of carbonyl (C=O) groups is 3. The number of nitrogens with two attached hydrogens (primary N) is 1. The molecular formula is C31H53FN4O3. The lowest BCUT2D eigenvalue weighted by molar-refractivity contribution is -0.137. The first-order valence-electron chi connectivity index (χ1n) is 14.9. The van der Waals surface area contributed by atoms with Crippen molar-refractivity contribution in [1.29, 1.82) is 0 Å². The number of halogens is 1. The average molecular weight is 549 g/mol. The Morgan fingerprint density at radius 3 is 2.18 bits per heavy atom. The van der Waals surface area contributed by atoms with Crippen LogP contribution in [0.25, 0.3) is 0 Å². The van der Waals surface area contributed by atoms with Crippen LogP contribution in [0.4, 0.5) is 10.1 Å². The van der Waals surface area contributed by atoms with Crippen molar-refractivity contribution in [3.05, 3.63) is 29.6 Å². The Hall–Kier alpha value is -2.32. The molecule has 0 unspecified atom stereocenters. The molecule has 3 aliphatic rings. The monoisotopic (exact) mass is 548 g/mol. The number of unbranched alkanes of at least 4 members (excludes halogenated alkanes) is 2. The van der Waals surface area contributed by atoms with Gasteiger partial charge in [0, 0.05) is 31.9 Å². The first-order valence-corrected chi connectivity index (χ1v) is 14.9. The summed E-state index contributed by atoms with van der Waals surface area (Å²) in [6.45, 7) is 15.0. The molecular weight excluding hydrogens is 495 g/mol. The predicted molar refractivity (Wildman–Crippen MR) is 159 cm³/mol. The highest BCUT2D eigenvalue weighted by Crippen LogP contribution is 2.34. The van der Waals surface area contributed by atoms with Gasteiger partial charge in [-0.05, 0) is 82.4 Å². The Morgan fingerprint density at radius 1 is 1.08 bits per heavy atom. The number of carbonyl (C=O) groups excluding carboxylic acids is 3. The zero-order chi connectivity index (χ0) is 29.3. The predicted octanol–water partition coefficient (Wildman–Crippen LogP) is 4.70. The Balaban J connectivity index is 0.000000350. The summed E-state index contributed by atoms with van der Waals surface area (Å²) in [5, 5.41) is 0. The highest BCUT2D eigenvalue weighted by atomic mass is 19.1. The maximum absolute atomic E-state index is 14.1. The van der Waals surface area contributed by atoms with Gasteiger partial charge in [-0.3, -0.25) is 4.79 Å². The first-order chi connectivity index (χ1) is 18.9. The number of nitrogens with zero attached hydrogens (tertiary/aromatic N) is 3. The van der Waals surface area contributed by atoms with Crippen LogP contribution in [0.5, 0.6) is 0 Å². The molecule has 8 heteroatoms. The van der Waals surface area contributed by atoms with Crippen molar-refractivity contribution in [3.63, 3.8) is 0 Å². The molecule has 1 aliphatic carbocycles. The molecule has 0 radical (unpaired) electrons. The number of hydrogen-bond acceptors (Lipinski definition) is 6. The number of benzene rings is 1. The number of piperidine rings is 1. The van der Waals surface area contributed by atoms with E-state index in [0.29, 0.717) is 12.8 Å². The van der Waals surface area contributed by atoms with E-state index in [1.807, 2.05) is 26.7 Å². The lowest BCUT2D eigenvalue weighted by atomic mass is 9.79. The minimum absolute atomic E-state index is 0.0347. The van der Waals surface area contributed by atoms with Crippen molar-refractivity contribution >= 4 is 24.7 Å². The molecule has 0 bridgehead atoms. The van der Waals surface area contributed by atoms with Gasteiger partial charge in [0.25, 0.3) is 0 Å². The van der Waals surface area contributed by atoms with Gasteiger partial charge in [0.05, 0.1) is 0 Å². The SMILES string of the molecule is C=O.CC.CCCCCc1ccc(N2CCN(C)CC2)cc1F.NC(=O)C1(C=O)CCN(CCC2CC2)CC1. The summed E-state index contributed by atoms with van der Waals surface area (Å²) in [6, 6.07) is 5.76. The number of aldehydes is 1. The first kappa shape index (κ1) is 34.7. The molecule has 2 saturated heterocycles. The molecule has 1 amide bonds. The second kappa shape index (κ2) is 18.9. The number of aryl methyl sites for hydroxylation is 1. The Labute approximate surface area is 236 Å². The van der Waals surface area contributed by atoms with Crippen LogP contribution in [-0.4, -0.2) is 81.6 Å². The van der Waals surface area contributed by atoms with E-state index in [4.69, 9.17) is 10.5 Å². The van der Waals surface area contributed by atoms with Gasteiger partial charge in [-0.15, -0.1) is 0 Å². The van der Waals surface area contributed by atoms with Crippen LogP contribution in [0.1, 0.15) is 77.7 Å². The van der Waals surface area contributed by atoms with Gasteiger partial charge >= 0.3 is 0 Å². The normalized spacial score (nSPS) is 18.8. The molecule has 39 heavy (non-hydrogen) atoms. The van der Waals surface area contributed by atoms with E-state index < -0.39 is 11.3 Å². The summed E-state index contributed by atoms with van der Waals surface area (Å²) in [6.07, 6.45) is 10.3. The maximum Gasteiger partial charge on any atom is 0.230 e. The number of likely N-dealkylation sites (N-methyl/N-ethyl adjacent to an activating group) is 1. The van der Waals surface area contributed by atoms with Crippen molar-refractivity contribution in [2.75, 3.05) is 57.8 Å². The highest BCUT2D eigenvalue weighted by Gasteiger charge is 2.39. The third kappa shape index (κ3) is 11.8. The minimum atomic E-state index is -0.879. The minimum Gasteiger partial charge on any atom is -0.369 e. The zero-order valence-corrected chi connectivity index (χ0v) is 24.9. The second-order valence-electron chi connectivity index (χ2n) is 10.7. The van der Waals surface area contributed by atoms with Gasteiger partial charge in [0.1, 0.15) is 24.3 Å². The van der Waals surface area contributed by atoms with E-state index in [1.54, 1.807) is 6.07 Å². The second-order valence-corrected chi connectivity index (χ2v) is 10.7. The van der Waals surface area contributed by atoms with E-state index >= 15 is 0 Å². The summed E-state index contributed by atoms with van der Waals surface area (Å²) in [4.78, 5) is 37.2. The molecule has 222 valence electrons. The summed E-state index contributed by atoms with van der Waals surface area (Å²) < 4.78 is 14.1. The average Bonchev–Trinajstić information content (AvgIpc) is 3.81. The van der Waals surface area contributed by atoms with Crippen molar-refractivity contribution < 1.29 is 18.8 Å². The fourth-order valence-corrected chi connectivity index (χ4v) is 4.94. The standard InChI is InChI=1S/C16H25FN2.C12H20N2O2.C2H6.CH2O/c1-3-4-5-6-14-7-8-15(13-16(14)17)19-11-9-18(2)10-12-19;13-11(16)12(9-15)4-7-14(8-5-12)6-3-10-1-2-10;2*1-2/h7-8,13H,3-6,9-12H2,1-2H3;9-10H,1-8H2,(H2,13,16);1-2H3;1H2. The number of piperazine rings is 1. The van der Waals surface area contributed by atoms with Gasteiger partial charge < -0.3 is 30.0 Å². The molecule has 2 N–H and O–H groups in total. The molecule has 0 atom stereocenters. The molecule has 7 nitrogen and oxygen atoms in total. The fraction of sp³-hybridized carbons (Fsp3) is 0.710. The van der Waals surface area contributed by atoms with Crippen LogP contribution in [0.2, 0.25) is 0 Å². The number of hydrogen-bond donors (Lipinski definition) is 1. The summed E-state index contributed by atoms with van der Waals surface area (Å²) in [5.74, 6) is 0.450. The number of primary amides is 1. The molecule has 1 aromatic rings. The topological polar surface area (TPSA) is 87.0 Å². The van der Waals surface area contributed by atoms with Crippen LogP contribution in [-0.2, 0) is 20.8 Å². The third-order valence-electron chi connectivity index (χ3n) is 7.97. The smallest absolute Gasteiger partial charge is 0.230 e. The maximum atomic E-state index is 14.1. The molecule has 0 spiro atoms. The lowest BCUT2D eigenvalue weighted by Crippen LogP contribution is -2.48. The number of anilines is 1. The summed E-state index contributed by atoms with van der Waals surface area (Å²) in [5.41, 5.74) is 6.32. The molecule has 1 saturated carbocycles. The molecule has 0 aromatic heterocycles. The van der Waals surface area contributed by atoms with Crippen molar-refractivity contribution in [3.8, 4) is 0 Å².